The van der Waals surface area contributed by atoms with Crippen molar-refractivity contribution in [1.29, 1.82) is 0 Å². The second-order valence-electron chi connectivity index (χ2n) is 2.26. The summed E-state index contributed by atoms with van der Waals surface area (Å²) >= 11 is 1.96. The van der Waals surface area contributed by atoms with E-state index in [4.69, 9.17) is 0 Å². The van der Waals surface area contributed by atoms with Gasteiger partial charge in [-0.3, -0.25) is 0 Å². The summed E-state index contributed by atoms with van der Waals surface area (Å²) in [6, 6.07) is 5.26. The normalized spacial score (nSPS) is 10.4. The number of ether oxygens (including phenoxy) is 1. The highest BCUT2D eigenvalue weighted by atomic mass is 127. The summed E-state index contributed by atoms with van der Waals surface area (Å²) < 4.78 is 28.7. The van der Waals surface area contributed by atoms with Crippen molar-refractivity contribution in [3.63, 3.8) is 0 Å². The van der Waals surface area contributed by atoms with Crippen molar-refractivity contribution in [1.82, 2.24) is 0 Å². The Kier molecular flexibility index (Phi) is 3.25. The van der Waals surface area contributed by atoms with Gasteiger partial charge in [0.2, 0.25) is 0 Å². The van der Waals surface area contributed by atoms with Crippen LogP contribution in [0.4, 0.5) is 8.78 Å². The highest BCUT2D eigenvalue weighted by Crippen LogP contribution is 2.26. The summed E-state index contributed by atoms with van der Waals surface area (Å²) in [4.78, 5) is 0. The molecule has 0 aliphatic rings. The molecule has 1 aromatic carbocycles. The number of para-hydroxylation sites is 1. The van der Waals surface area contributed by atoms with E-state index in [1.165, 1.54) is 0 Å². The summed E-state index contributed by atoms with van der Waals surface area (Å²) in [7, 11) is 0. The Morgan fingerprint density at radius 2 is 2.08 bits per heavy atom. The Balaban J connectivity index is 2.96. The molecule has 0 aliphatic carbocycles. The van der Waals surface area contributed by atoms with Crippen LogP contribution >= 0.6 is 22.6 Å². The molecule has 0 atom stereocenters. The molecule has 1 rings (SSSR count). The van der Waals surface area contributed by atoms with Crippen LogP contribution in [0.25, 0.3) is 0 Å². The maximum atomic E-state index is 11.9. The van der Waals surface area contributed by atoms with Gasteiger partial charge in [-0.2, -0.15) is 8.78 Å². The fourth-order valence-corrected chi connectivity index (χ4v) is 1.62. The molecule has 66 valence electrons. The summed E-state index contributed by atoms with van der Waals surface area (Å²) in [5, 5.41) is 0. The predicted octanol–water partition coefficient (Wildman–Crippen LogP) is 3.20. The average molecular weight is 284 g/mol. The molecular formula is C8H7F2IO. The molecule has 0 spiro atoms. The fraction of sp³-hybridized carbons (Fsp3) is 0.250. The third-order valence-corrected chi connectivity index (χ3v) is 2.22. The first-order valence-electron chi connectivity index (χ1n) is 3.31. The van der Waals surface area contributed by atoms with E-state index in [0.29, 0.717) is 3.57 Å². The zero-order chi connectivity index (χ0) is 9.14. The summed E-state index contributed by atoms with van der Waals surface area (Å²) in [5.74, 6) is 0.271. The first kappa shape index (κ1) is 9.70. The van der Waals surface area contributed by atoms with Crippen molar-refractivity contribution >= 4 is 22.6 Å². The van der Waals surface area contributed by atoms with E-state index in [9.17, 15) is 8.78 Å². The molecule has 0 unspecified atom stereocenters. The van der Waals surface area contributed by atoms with E-state index in [1.54, 1.807) is 25.1 Å². The molecule has 0 aliphatic heterocycles. The number of hydrogen-bond donors (Lipinski definition) is 0. The van der Waals surface area contributed by atoms with Crippen molar-refractivity contribution in [3.8, 4) is 5.75 Å². The molecule has 0 N–H and O–H groups in total. The Bertz CT molecular complexity index is 256. The lowest BCUT2D eigenvalue weighted by Crippen LogP contribution is -2.04. The van der Waals surface area contributed by atoms with Gasteiger partial charge in [-0.15, -0.1) is 0 Å². The first-order chi connectivity index (χ1) is 5.61. The van der Waals surface area contributed by atoms with Gasteiger partial charge in [0, 0.05) is 0 Å². The predicted molar refractivity (Wildman–Crippen MR) is 50.5 cm³/mol. The van der Waals surface area contributed by atoms with Gasteiger partial charge in [-0.25, -0.2) is 0 Å². The maximum Gasteiger partial charge on any atom is 0.387 e. The molecule has 12 heavy (non-hydrogen) atoms. The van der Waals surface area contributed by atoms with Crippen molar-refractivity contribution in [2.24, 2.45) is 0 Å². The zero-order valence-electron chi connectivity index (χ0n) is 6.35. The Hall–Kier alpha value is -0.390. The van der Waals surface area contributed by atoms with Crippen LogP contribution in [0.5, 0.6) is 5.75 Å². The molecule has 0 aromatic heterocycles. The van der Waals surface area contributed by atoms with Crippen molar-refractivity contribution in [2.75, 3.05) is 0 Å². The number of alkyl halides is 2. The van der Waals surface area contributed by atoms with Gasteiger partial charge in [0.1, 0.15) is 5.75 Å². The molecule has 1 aromatic rings. The molecule has 0 saturated heterocycles. The SMILES string of the molecule is Cc1cccc(I)c1OC(F)F. The average Bonchev–Trinajstić information content (AvgIpc) is 1.97. The minimum atomic E-state index is -2.75. The lowest BCUT2D eigenvalue weighted by molar-refractivity contribution is -0.0508. The second kappa shape index (κ2) is 4.02. The quantitative estimate of drug-likeness (QED) is 0.758. The van der Waals surface area contributed by atoms with Crippen molar-refractivity contribution < 1.29 is 13.5 Å². The van der Waals surface area contributed by atoms with Crippen LogP contribution in [-0.4, -0.2) is 6.61 Å². The van der Waals surface area contributed by atoms with E-state index in [-0.39, 0.29) is 5.75 Å². The third kappa shape index (κ3) is 2.30. The first-order valence-corrected chi connectivity index (χ1v) is 4.39. The molecular weight excluding hydrogens is 277 g/mol. The summed E-state index contributed by atoms with van der Waals surface area (Å²) in [5.41, 5.74) is 0.724. The molecule has 4 heteroatoms. The smallest absolute Gasteiger partial charge is 0.387 e. The van der Waals surface area contributed by atoms with E-state index < -0.39 is 6.61 Å². The van der Waals surface area contributed by atoms with E-state index in [2.05, 4.69) is 4.74 Å². The summed E-state index contributed by atoms with van der Waals surface area (Å²) in [6.07, 6.45) is 0. The number of hydrogen-bond acceptors (Lipinski definition) is 1. The van der Waals surface area contributed by atoms with Crippen molar-refractivity contribution in [2.45, 2.75) is 13.5 Å². The molecule has 0 radical (unpaired) electrons. The van der Waals surface area contributed by atoms with Gasteiger partial charge in [-0.05, 0) is 41.1 Å². The number of benzene rings is 1. The highest BCUT2D eigenvalue weighted by molar-refractivity contribution is 14.1. The topological polar surface area (TPSA) is 9.23 Å². The highest BCUT2D eigenvalue weighted by Gasteiger charge is 2.09. The van der Waals surface area contributed by atoms with Gasteiger partial charge in [0.25, 0.3) is 0 Å². The van der Waals surface area contributed by atoms with E-state index in [0.717, 1.165) is 5.56 Å². The fourth-order valence-electron chi connectivity index (χ4n) is 0.855. The van der Waals surface area contributed by atoms with Crippen LogP contribution in [0.3, 0.4) is 0 Å². The molecule has 0 fully saturated rings. The van der Waals surface area contributed by atoms with Gasteiger partial charge >= 0.3 is 6.61 Å². The van der Waals surface area contributed by atoms with Crippen molar-refractivity contribution in [3.05, 3.63) is 27.3 Å². The zero-order valence-corrected chi connectivity index (χ0v) is 8.51. The van der Waals surface area contributed by atoms with Crippen LogP contribution in [0, 0.1) is 10.5 Å². The van der Waals surface area contributed by atoms with Crippen LogP contribution < -0.4 is 4.74 Å². The number of halogens is 3. The standard InChI is InChI=1S/C8H7F2IO/c1-5-3-2-4-6(11)7(5)12-8(9)10/h2-4,8H,1H3. The third-order valence-electron chi connectivity index (χ3n) is 1.37. The molecule has 0 bridgehead atoms. The number of aryl methyl sites for hydroxylation is 1. The van der Waals surface area contributed by atoms with Crippen LogP contribution in [-0.2, 0) is 0 Å². The van der Waals surface area contributed by atoms with Gasteiger partial charge in [-0.1, -0.05) is 12.1 Å². The lowest BCUT2D eigenvalue weighted by atomic mass is 10.2. The molecule has 0 heterocycles. The Morgan fingerprint density at radius 1 is 1.42 bits per heavy atom. The molecule has 0 amide bonds. The van der Waals surface area contributed by atoms with E-state index >= 15 is 0 Å². The largest absolute Gasteiger partial charge is 0.433 e. The van der Waals surface area contributed by atoms with Crippen LogP contribution in [0.1, 0.15) is 5.56 Å². The molecule has 1 nitrogen and oxygen atoms in total. The second-order valence-corrected chi connectivity index (χ2v) is 3.43. The van der Waals surface area contributed by atoms with E-state index in [1.807, 2.05) is 22.6 Å². The van der Waals surface area contributed by atoms with Crippen LogP contribution in [0.15, 0.2) is 18.2 Å². The van der Waals surface area contributed by atoms with Crippen LogP contribution in [0.2, 0.25) is 0 Å². The maximum absolute atomic E-state index is 11.9. The lowest BCUT2D eigenvalue weighted by Gasteiger charge is -2.08. The minimum absolute atomic E-state index is 0.271. The van der Waals surface area contributed by atoms with Gasteiger partial charge < -0.3 is 4.74 Å². The monoisotopic (exact) mass is 284 g/mol. The van der Waals surface area contributed by atoms with Gasteiger partial charge in [0.05, 0.1) is 3.57 Å². The number of rotatable bonds is 2. The Morgan fingerprint density at radius 3 is 2.58 bits per heavy atom. The minimum Gasteiger partial charge on any atom is -0.433 e. The van der Waals surface area contributed by atoms with Gasteiger partial charge in [0.15, 0.2) is 0 Å². The Labute approximate surface area is 82.9 Å². The molecule has 0 saturated carbocycles. The summed E-state index contributed by atoms with van der Waals surface area (Å²) in [6.45, 7) is -1.01.